The highest BCUT2D eigenvalue weighted by molar-refractivity contribution is 5.65. The fraction of sp³-hybridized carbons (Fsp3) is 0.235. The van der Waals surface area contributed by atoms with Crippen LogP contribution in [0, 0.1) is 17.0 Å². The first-order valence-electron chi connectivity index (χ1n) is 8.03. The molecule has 0 amide bonds. The summed E-state index contributed by atoms with van der Waals surface area (Å²) in [6.07, 6.45) is -3.80. The van der Waals surface area contributed by atoms with E-state index in [9.17, 15) is 23.3 Å². The predicted octanol–water partition coefficient (Wildman–Crippen LogP) is 3.58. The summed E-state index contributed by atoms with van der Waals surface area (Å²) in [7, 11) is 2.82. The fourth-order valence-electron chi connectivity index (χ4n) is 2.58. The molecule has 2 heterocycles. The number of hydrogen-bond donors (Lipinski definition) is 0. The average Bonchev–Trinajstić information content (AvgIpc) is 3.08. The normalized spacial score (nSPS) is 11.4. The molecular formula is C17H14F3N5O4. The van der Waals surface area contributed by atoms with Crippen LogP contribution in [0.1, 0.15) is 11.5 Å². The number of benzene rings is 1. The van der Waals surface area contributed by atoms with Gasteiger partial charge in [0.1, 0.15) is 6.20 Å². The van der Waals surface area contributed by atoms with Crippen LogP contribution >= 0.6 is 0 Å². The van der Waals surface area contributed by atoms with Gasteiger partial charge in [-0.3, -0.25) is 0 Å². The SMILES string of the molecule is COc1ccc(-c2cc(C(F)(F)F)nc(-n3cc([N+](=O)[O-])nc3C)n2)cc1OC. The molecule has 1 aromatic carbocycles. The maximum Gasteiger partial charge on any atom is 0.433 e. The quantitative estimate of drug-likeness (QED) is 0.468. The average molecular weight is 409 g/mol. The Morgan fingerprint density at radius 2 is 1.76 bits per heavy atom. The van der Waals surface area contributed by atoms with Crippen LogP contribution in [-0.2, 0) is 6.18 Å². The molecule has 9 nitrogen and oxygen atoms in total. The summed E-state index contributed by atoms with van der Waals surface area (Å²) in [4.78, 5) is 21.5. The van der Waals surface area contributed by atoms with Crippen molar-refractivity contribution in [1.82, 2.24) is 19.5 Å². The number of alkyl halides is 3. The standard InChI is InChI=1S/C17H14F3N5O4/c1-9-21-15(25(26)27)8-24(9)16-22-11(7-14(23-16)17(18,19)20)10-4-5-12(28-2)13(6-10)29-3/h4-8H,1-3H3. The maximum absolute atomic E-state index is 13.4. The first-order chi connectivity index (χ1) is 13.6. The minimum atomic E-state index is -4.76. The molecule has 0 saturated carbocycles. The van der Waals surface area contributed by atoms with Gasteiger partial charge in [0.15, 0.2) is 17.2 Å². The van der Waals surface area contributed by atoms with Gasteiger partial charge >= 0.3 is 12.0 Å². The smallest absolute Gasteiger partial charge is 0.433 e. The molecule has 3 rings (SSSR count). The molecule has 0 saturated heterocycles. The molecule has 2 aromatic heterocycles. The highest BCUT2D eigenvalue weighted by Gasteiger charge is 2.34. The van der Waals surface area contributed by atoms with Crippen molar-refractivity contribution in [3.63, 3.8) is 0 Å². The molecule has 0 aliphatic rings. The molecule has 0 aliphatic heterocycles. The topological polar surface area (TPSA) is 105 Å². The summed E-state index contributed by atoms with van der Waals surface area (Å²) in [5, 5.41) is 10.9. The summed E-state index contributed by atoms with van der Waals surface area (Å²) < 4.78 is 51.6. The highest BCUT2D eigenvalue weighted by Crippen LogP contribution is 2.35. The summed E-state index contributed by atoms with van der Waals surface area (Å²) in [5.74, 6) is -0.177. The maximum atomic E-state index is 13.4. The Hall–Kier alpha value is -3.70. The van der Waals surface area contributed by atoms with E-state index in [1.54, 1.807) is 0 Å². The summed E-state index contributed by atoms with van der Waals surface area (Å²) in [6, 6.07) is 5.28. The highest BCUT2D eigenvalue weighted by atomic mass is 19.4. The van der Waals surface area contributed by atoms with Gasteiger partial charge < -0.3 is 19.6 Å². The second-order valence-corrected chi connectivity index (χ2v) is 5.78. The van der Waals surface area contributed by atoms with E-state index in [1.807, 2.05) is 0 Å². The molecule has 29 heavy (non-hydrogen) atoms. The Labute approximate surface area is 161 Å². The number of aryl methyl sites for hydroxylation is 1. The van der Waals surface area contributed by atoms with Gasteiger partial charge in [-0.25, -0.2) is 14.5 Å². The monoisotopic (exact) mass is 409 g/mol. The third kappa shape index (κ3) is 3.95. The number of aromatic nitrogens is 4. The lowest BCUT2D eigenvalue weighted by atomic mass is 10.1. The van der Waals surface area contributed by atoms with Gasteiger partial charge in [0.05, 0.1) is 19.9 Å². The van der Waals surface area contributed by atoms with Crippen molar-refractivity contribution in [2.24, 2.45) is 0 Å². The van der Waals surface area contributed by atoms with Crippen LogP contribution in [0.4, 0.5) is 19.0 Å². The molecule has 0 bridgehead atoms. The molecule has 0 fully saturated rings. The molecule has 3 aromatic rings. The predicted molar refractivity (Wildman–Crippen MR) is 94.1 cm³/mol. The summed E-state index contributed by atoms with van der Waals surface area (Å²) in [6.45, 7) is 1.40. The van der Waals surface area contributed by atoms with E-state index >= 15 is 0 Å². The number of methoxy groups -OCH3 is 2. The Balaban J connectivity index is 2.21. The number of imidazole rings is 1. The second kappa shape index (κ2) is 7.37. The van der Waals surface area contributed by atoms with E-state index in [4.69, 9.17) is 9.47 Å². The van der Waals surface area contributed by atoms with Crippen molar-refractivity contribution in [1.29, 1.82) is 0 Å². The van der Waals surface area contributed by atoms with E-state index in [0.29, 0.717) is 17.1 Å². The zero-order valence-electron chi connectivity index (χ0n) is 15.4. The van der Waals surface area contributed by atoms with E-state index in [1.165, 1.54) is 39.3 Å². The first-order valence-corrected chi connectivity index (χ1v) is 8.03. The lowest BCUT2D eigenvalue weighted by molar-refractivity contribution is -0.389. The van der Waals surface area contributed by atoms with Crippen LogP contribution in [0.3, 0.4) is 0 Å². The van der Waals surface area contributed by atoms with Gasteiger partial charge in [-0.05, 0) is 34.2 Å². The van der Waals surface area contributed by atoms with Gasteiger partial charge in [-0.15, -0.1) is 0 Å². The molecule has 0 atom stereocenters. The lowest BCUT2D eigenvalue weighted by Gasteiger charge is -2.13. The summed E-state index contributed by atoms with van der Waals surface area (Å²) in [5.41, 5.74) is -0.953. The lowest BCUT2D eigenvalue weighted by Crippen LogP contribution is -2.13. The molecule has 0 radical (unpaired) electrons. The van der Waals surface area contributed by atoms with Crippen LogP contribution in [0.5, 0.6) is 11.5 Å². The van der Waals surface area contributed by atoms with Gasteiger partial charge in [0.25, 0.3) is 0 Å². The minimum absolute atomic E-state index is 0.0565. The van der Waals surface area contributed by atoms with Crippen molar-refractivity contribution in [2.75, 3.05) is 14.2 Å². The second-order valence-electron chi connectivity index (χ2n) is 5.78. The van der Waals surface area contributed by atoms with E-state index in [-0.39, 0.29) is 11.5 Å². The van der Waals surface area contributed by atoms with Crippen molar-refractivity contribution in [3.05, 3.63) is 52.1 Å². The van der Waals surface area contributed by atoms with Gasteiger partial charge in [0.2, 0.25) is 11.8 Å². The molecule has 0 aliphatic carbocycles. The molecule has 0 spiro atoms. The van der Waals surface area contributed by atoms with Crippen LogP contribution in [0.25, 0.3) is 17.2 Å². The van der Waals surface area contributed by atoms with Crippen molar-refractivity contribution >= 4 is 5.82 Å². The Morgan fingerprint density at radius 1 is 1.07 bits per heavy atom. The minimum Gasteiger partial charge on any atom is -0.493 e. The van der Waals surface area contributed by atoms with Crippen molar-refractivity contribution in [2.45, 2.75) is 13.1 Å². The summed E-state index contributed by atoms with van der Waals surface area (Å²) >= 11 is 0. The van der Waals surface area contributed by atoms with Crippen LogP contribution in [0.2, 0.25) is 0 Å². The fourth-order valence-corrected chi connectivity index (χ4v) is 2.58. The van der Waals surface area contributed by atoms with E-state index < -0.39 is 28.6 Å². The van der Waals surface area contributed by atoms with E-state index in [0.717, 1.165) is 16.8 Å². The Bertz CT molecular complexity index is 1080. The number of nitrogens with zero attached hydrogens (tertiary/aromatic N) is 5. The van der Waals surface area contributed by atoms with Crippen LogP contribution in [-0.4, -0.2) is 38.7 Å². The molecule has 0 N–H and O–H groups in total. The Morgan fingerprint density at radius 3 is 2.31 bits per heavy atom. The van der Waals surface area contributed by atoms with Gasteiger partial charge in [-0.2, -0.15) is 13.2 Å². The third-order valence-corrected chi connectivity index (χ3v) is 3.96. The largest absolute Gasteiger partial charge is 0.493 e. The number of hydrogen-bond acceptors (Lipinski definition) is 7. The van der Waals surface area contributed by atoms with Gasteiger partial charge in [0, 0.05) is 12.5 Å². The van der Waals surface area contributed by atoms with Crippen molar-refractivity contribution in [3.8, 4) is 28.7 Å². The molecular weight excluding hydrogens is 395 g/mol. The van der Waals surface area contributed by atoms with Crippen LogP contribution in [0.15, 0.2) is 30.5 Å². The number of nitro groups is 1. The number of rotatable bonds is 5. The number of ether oxygens (including phenoxy) is 2. The zero-order valence-corrected chi connectivity index (χ0v) is 15.4. The molecule has 152 valence electrons. The van der Waals surface area contributed by atoms with Crippen molar-refractivity contribution < 1.29 is 27.6 Å². The molecule has 12 heteroatoms. The van der Waals surface area contributed by atoms with E-state index in [2.05, 4.69) is 15.0 Å². The zero-order chi connectivity index (χ0) is 21.3. The first kappa shape index (κ1) is 20.0. The molecule has 0 unspecified atom stereocenters. The Kier molecular flexibility index (Phi) is 5.10. The number of halogens is 3. The van der Waals surface area contributed by atoms with Crippen LogP contribution < -0.4 is 9.47 Å². The third-order valence-electron chi connectivity index (χ3n) is 3.96. The van der Waals surface area contributed by atoms with Gasteiger partial charge in [-0.1, -0.05) is 0 Å².